The number of nitrogens with one attached hydrogen (secondary N) is 1. The Morgan fingerprint density at radius 2 is 1.96 bits per heavy atom. The Kier molecular flexibility index (Phi) is 4.71. The summed E-state index contributed by atoms with van der Waals surface area (Å²) in [6.07, 6.45) is 0. The van der Waals surface area contributed by atoms with Crippen molar-refractivity contribution in [2.45, 2.75) is 18.7 Å². The van der Waals surface area contributed by atoms with Crippen molar-refractivity contribution in [3.05, 3.63) is 58.3 Å². The molecule has 0 unspecified atom stereocenters. The number of carbonyl (C=O) groups excluding carboxylic acids is 1. The normalized spacial score (nSPS) is 11.6. The van der Waals surface area contributed by atoms with Gasteiger partial charge >= 0.3 is 0 Å². The van der Waals surface area contributed by atoms with Crippen LogP contribution in [-0.2, 0) is 9.84 Å². The van der Waals surface area contributed by atoms with Gasteiger partial charge in [0.15, 0.2) is 15.6 Å². The Labute approximate surface area is 154 Å². The van der Waals surface area contributed by atoms with Gasteiger partial charge in [-0.05, 0) is 43.3 Å². The van der Waals surface area contributed by atoms with Gasteiger partial charge in [0.1, 0.15) is 5.58 Å². The van der Waals surface area contributed by atoms with Gasteiger partial charge in [-0.3, -0.25) is 4.79 Å². The van der Waals surface area contributed by atoms with Crippen LogP contribution in [0.3, 0.4) is 0 Å². The van der Waals surface area contributed by atoms with Gasteiger partial charge in [0.2, 0.25) is 0 Å². The van der Waals surface area contributed by atoms with Gasteiger partial charge in [-0.25, -0.2) is 8.42 Å². The molecule has 0 saturated carbocycles. The molecule has 3 aromatic rings. The highest BCUT2D eigenvalue weighted by Gasteiger charge is 2.19. The Bertz CT molecular complexity index is 1070. The van der Waals surface area contributed by atoms with E-state index in [1.54, 1.807) is 25.1 Å². The van der Waals surface area contributed by atoms with Crippen LogP contribution in [0.5, 0.6) is 0 Å². The second-order valence-electron chi connectivity index (χ2n) is 5.58. The number of carbonyl (C=O) groups is 1. The van der Waals surface area contributed by atoms with Crippen LogP contribution < -0.4 is 5.32 Å². The summed E-state index contributed by atoms with van der Waals surface area (Å²) in [5, 5.41) is 3.56. The smallest absolute Gasteiger partial charge is 0.291 e. The fourth-order valence-electron chi connectivity index (χ4n) is 2.54. The molecule has 2 aromatic carbocycles. The first-order chi connectivity index (χ1) is 11.8. The van der Waals surface area contributed by atoms with E-state index in [0.29, 0.717) is 11.3 Å². The SMILES string of the molecule is CCS(=O)(=O)c1cccc(NC(=O)c2oc3cc(Br)ccc3c2C)c1. The molecule has 1 N–H and O–H groups in total. The molecule has 7 heteroatoms. The number of fused-ring (bicyclic) bond motifs is 1. The van der Waals surface area contributed by atoms with Crippen molar-refractivity contribution in [2.24, 2.45) is 0 Å². The quantitative estimate of drug-likeness (QED) is 0.670. The highest BCUT2D eigenvalue weighted by molar-refractivity contribution is 9.10. The van der Waals surface area contributed by atoms with Crippen molar-refractivity contribution in [2.75, 3.05) is 11.1 Å². The molecule has 1 heterocycles. The summed E-state index contributed by atoms with van der Waals surface area (Å²) in [6.45, 7) is 3.39. The zero-order valence-electron chi connectivity index (χ0n) is 13.7. The maximum absolute atomic E-state index is 12.6. The van der Waals surface area contributed by atoms with Crippen LogP contribution in [0, 0.1) is 6.92 Å². The molecule has 25 heavy (non-hydrogen) atoms. The van der Waals surface area contributed by atoms with Gasteiger partial charge in [0, 0.05) is 21.1 Å². The Morgan fingerprint density at radius 1 is 1.20 bits per heavy atom. The number of hydrogen-bond donors (Lipinski definition) is 1. The first kappa shape index (κ1) is 17.7. The summed E-state index contributed by atoms with van der Waals surface area (Å²) in [6, 6.07) is 11.8. The average molecular weight is 422 g/mol. The van der Waals surface area contributed by atoms with E-state index in [9.17, 15) is 13.2 Å². The molecule has 0 aliphatic heterocycles. The van der Waals surface area contributed by atoms with Crippen molar-refractivity contribution < 1.29 is 17.6 Å². The summed E-state index contributed by atoms with van der Waals surface area (Å²) in [7, 11) is -3.33. The van der Waals surface area contributed by atoms with Crippen molar-refractivity contribution in [3.63, 3.8) is 0 Å². The van der Waals surface area contributed by atoms with Gasteiger partial charge in [-0.15, -0.1) is 0 Å². The lowest BCUT2D eigenvalue weighted by Crippen LogP contribution is -2.13. The van der Waals surface area contributed by atoms with Crippen molar-refractivity contribution in [1.82, 2.24) is 0 Å². The Balaban J connectivity index is 1.93. The van der Waals surface area contributed by atoms with Crippen LogP contribution in [0.15, 0.2) is 56.2 Å². The first-order valence-electron chi connectivity index (χ1n) is 7.64. The third-order valence-corrected chi connectivity index (χ3v) is 6.16. The Hall–Kier alpha value is -2.12. The molecule has 0 spiro atoms. The number of sulfone groups is 1. The molecule has 0 aliphatic rings. The highest BCUT2D eigenvalue weighted by atomic mass is 79.9. The molecular weight excluding hydrogens is 406 g/mol. The van der Waals surface area contributed by atoms with E-state index in [-0.39, 0.29) is 16.4 Å². The zero-order chi connectivity index (χ0) is 18.2. The molecule has 0 aliphatic carbocycles. The van der Waals surface area contributed by atoms with Crippen LogP contribution >= 0.6 is 15.9 Å². The third kappa shape index (κ3) is 3.48. The molecule has 3 rings (SSSR count). The molecule has 1 aromatic heterocycles. The van der Waals surface area contributed by atoms with Gasteiger partial charge in [-0.1, -0.05) is 28.9 Å². The van der Waals surface area contributed by atoms with Crippen LogP contribution in [0.25, 0.3) is 11.0 Å². The lowest BCUT2D eigenvalue weighted by Gasteiger charge is -2.06. The number of hydrogen-bond acceptors (Lipinski definition) is 4. The maximum atomic E-state index is 12.6. The second-order valence-corrected chi connectivity index (χ2v) is 8.78. The van der Waals surface area contributed by atoms with Crippen LogP contribution in [0.1, 0.15) is 23.0 Å². The van der Waals surface area contributed by atoms with E-state index in [0.717, 1.165) is 15.4 Å². The van der Waals surface area contributed by atoms with Gasteiger partial charge in [0.25, 0.3) is 5.91 Å². The van der Waals surface area contributed by atoms with Crippen LogP contribution in [-0.4, -0.2) is 20.1 Å². The van der Waals surface area contributed by atoms with Gasteiger partial charge in [0.05, 0.1) is 10.6 Å². The minimum Gasteiger partial charge on any atom is -0.451 e. The zero-order valence-corrected chi connectivity index (χ0v) is 16.1. The summed E-state index contributed by atoms with van der Waals surface area (Å²) >= 11 is 3.37. The van der Waals surface area contributed by atoms with E-state index in [4.69, 9.17) is 4.42 Å². The standard InChI is InChI=1S/C18H16BrNO4S/c1-3-25(22,23)14-6-4-5-13(10-14)20-18(21)17-11(2)15-8-7-12(19)9-16(15)24-17/h4-10H,3H2,1-2H3,(H,20,21). The largest absolute Gasteiger partial charge is 0.451 e. The minimum absolute atomic E-state index is 0.00194. The van der Waals surface area contributed by atoms with E-state index in [1.807, 2.05) is 19.1 Å². The van der Waals surface area contributed by atoms with Gasteiger partial charge in [-0.2, -0.15) is 0 Å². The van der Waals surface area contributed by atoms with Crippen LogP contribution in [0.4, 0.5) is 5.69 Å². The summed E-state index contributed by atoms with van der Waals surface area (Å²) < 4.78 is 30.5. The van der Waals surface area contributed by atoms with Gasteiger partial charge < -0.3 is 9.73 Å². The van der Waals surface area contributed by atoms with Crippen molar-refractivity contribution >= 4 is 48.3 Å². The average Bonchev–Trinajstić information content (AvgIpc) is 2.91. The predicted molar refractivity (Wildman–Crippen MR) is 101 cm³/mol. The molecular formula is C18H16BrNO4S. The molecule has 0 bridgehead atoms. The highest BCUT2D eigenvalue weighted by Crippen LogP contribution is 2.28. The molecule has 5 nitrogen and oxygen atoms in total. The van der Waals surface area contributed by atoms with E-state index >= 15 is 0 Å². The summed E-state index contributed by atoms with van der Waals surface area (Å²) in [5.41, 5.74) is 1.75. The fraction of sp³-hybridized carbons (Fsp3) is 0.167. The number of rotatable bonds is 4. The van der Waals surface area contributed by atoms with E-state index in [2.05, 4.69) is 21.2 Å². The van der Waals surface area contributed by atoms with Crippen LogP contribution in [0.2, 0.25) is 0 Å². The third-order valence-electron chi connectivity index (χ3n) is 3.94. The number of benzene rings is 2. The predicted octanol–water partition coefficient (Wildman–Crippen LogP) is 4.55. The minimum atomic E-state index is -3.33. The van der Waals surface area contributed by atoms with E-state index < -0.39 is 15.7 Å². The summed E-state index contributed by atoms with van der Waals surface area (Å²) in [5.74, 6) is -0.213. The number of furan rings is 1. The first-order valence-corrected chi connectivity index (χ1v) is 10.1. The lowest BCUT2D eigenvalue weighted by molar-refractivity contribution is 0.0998. The molecule has 0 saturated heterocycles. The van der Waals surface area contributed by atoms with E-state index in [1.165, 1.54) is 12.1 Å². The lowest BCUT2D eigenvalue weighted by atomic mass is 10.1. The monoisotopic (exact) mass is 421 g/mol. The van der Waals surface area contributed by atoms with Crippen molar-refractivity contribution in [1.29, 1.82) is 0 Å². The molecule has 0 fully saturated rings. The second kappa shape index (κ2) is 6.65. The Morgan fingerprint density at radius 3 is 2.68 bits per heavy atom. The van der Waals surface area contributed by atoms with Crippen molar-refractivity contribution in [3.8, 4) is 0 Å². The molecule has 0 atom stereocenters. The number of halogens is 1. The number of anilines is 1. The number of aryl methyl sites for hydroxylation is 1. The topological polar surface area (TPSA) is 76.4 Å². The molecule has 130 valence electrons. The number of amides is 1. The molecule has 1 amide bonds. The molecule has 0 radical (unpaired) electrons. The fourth-order valence-corrected chi connectivity index (χ4v) is 3.80. The summed E-state index contributed by atoms with van der Waals surface area (Å²) in [4.78, 5) is 12.7. The maximum Gasteiger partial charge on any atom is 0.291 e.